The third kappa shape index (κ3) is 3.67. The van der Waals surface area contributed by atoms with E-state index in [1.165, 1.54) is 38.3 Å². The van der Waals surface area contributed by atoms with Gasteiger partial charge in [-0.2, -0.15) is 0 Å². The van der Waals surface area contributed by atoms with Crippen LogP contribution in [-0.2, 0) is 4.79 Å². The molecule has 84 valence electrons. The van der Waals surface area contributed by atoms with E-state index in [9.17, 15) is 4.79 Å². The van der Waals surface area contributed by atoms with Crippen LogP contribution in [0.15, 0.2) is 11.6 Å². The van der Waals surface area contributed by atoms with Crippen LogP contribution in [0.25, 0.3) is 0 Å². The number of carbonyl (C=O) groups is 1. The number of nitrogens with zero attached hydrogens (tertiary/aromatic N) is 1. The van der Waals surface area contributed by atoms with Crippen molar-refractivity contribution in [2.45, 2.75) is 38.6 Å². The van der Waals surface area contributed by atoms with E-state index in [1.807, 2.05) is 6.92 Å². The summed E-state index contributed by atoms with van der Waals surface area (Å²) < 4.78 is 0. The molecule has 15 heavy (non-hydrogen) atoms. The van der Waals surface area contributed by atoms with E-state index in [4.69, 9.17) is 5.11 Å². The molecule has 0 radical (unpaired) electrons. The first-order chi connectivity index (χ1) is 7.15. The predicted octanol–water partition coefficient (Wildman–Crippen LogP) is 1.89. The molecule has 0 amide bonds. The van der Waals surface area contributed by atoms with Crippen molar-refractivity contribution in [1.82, 2.24) is 4.90 Å². The summed E-state index contributed by atoms with van der Waals surface area (Å²) in [6, 6.07) is 0.739. The zero-order chi connectivity index (χ0) is 10.8. The summed E-state index contributed by atoms with van der Waals surface area (Å²) in [6.45, 7) is 3.93. The Labute approximate surface area is 90.8 Å². The smallest absolute Gasteiger partial charge is 0.328 e. The van der Waals surface area contributed by atoms with Crippen LogP contribution in [-0.4, -0.2) is 35.1 Å². The lowest BCUT2D eigenvalue weighted by atomic mass is 10.2. The summed E-state index contributed by atoms with van der Waals surface area (Å²) in [7, 11) is 0. The Morgan fingerprint density at radius 2 is 2.07 bits per heavy atom. The van der Waals surface area contributed by atoms with Gasteiger partial charge in [0.25, 0.3) is 0 Å². The van der Waals surface area contributed by atoms with Crippen molar-refractivity contribution < 1.29 is 9.90 Å². The second-order valence-electron chi connectivity index (χ2n) is 4.93. The van der Waals surface area contributed by atoms with E-state index in [0.29, 0.717) is 0 Å². The third-order valence-corrected chi connectivity index (χ3v) is 3.08. The van der Waals surface area contributed by atoms with Gasteiger partial charge in [0.1, 0.15) is 0 Å². The Morgan fingerprint density at radius 1 is 1.40 bits per heavy atom. The van der Waals surface area contributed by atoms with Crippen molar-refractivity contribution in [1.29, 1.82) is 0 Å². The SMILES string of the molecule is CC(=CC(=O)O)CN(CC1CC1)C1CC1. The van der Waals surface area contributed by atoms with Gasteiger partial charge >= 0.3 is 5.97 Å². The van der Waals surface area contributed by atoms with Crippen molar-refractivity contribution in [2.24, 2.45) is 5.92 Å². The van der Waals surface area contributed by atoms with E-state index >= 15 is 0 Å². The van der Waals surface area contributed by atoms with Crippen LogP contribution in [0.2, 0.25) is 0 Å². The van der Waals surface area contributed by atoms with Crippen LogP contribution in [0.5, 0.6) is 0 Å². The molecule has 0 aromatic rings. The zero-order valence-electron chi connectivity index (χ0n) is 9.28. The highest BCUT2D eigenvalue weighted by Crippen LogP contribution is 2.35. The summed E-state index contributed by atoms with van der Waals surface area (Å²) in [5.41, 5.74) is 0.968. The third-order valence-electron chi connectivity index (χ3n) is 3.08. The van der Waals surface area contributed by atoms with Crippen LogP contribution in [0, 0.1) is 5.92 Å². The number of hydrogen-bond donors (Lipinski definition) is 1. The summed E-state index contributed by atoms with van der Waals surface area (Å²) in [5, 5.41) is 8.65. The van der Waals surface area contributed by atoms with Gasteiger partial charge in [0, 0.05) is 25.2 Å². The van der Waals surface area contributed by atoms with Gasteiger partial charge in [-0.25, -0.2) is 4.79 Å². The van der Waals surface area contributed by atoms with Crippen LogP contribution < -0.4 is 0 Å². The molecule has 2 rings (SSSR count). The molecule has 2 aliphatic carbocycles. The first-order valence-electron chi connectivity index (χ1n) is 5.79. The summed E-state index contributed by atoms with van der Waals surface area (Å²) in [5.74, 6) is 0.0675. The van der Waals surface area contributed by atoms with Crippen LogP contribution >= 0.6 is 0 Å². The fraction of sp³-hybridized carbons (Fsp3) is 0.750. The lowest BCUT2D eigenvalue weighted by Crippen LogP contribution is -2.30. The van der Waals surface area contributed by atoms with E-state index in [-0.39, 0.29) is 0 Å². The minimum Gasteiger partial charge on any atom is -0.478 e. The van der Waals surface area contributed by atoms with E-state index in [0.717, 1.165) is 24.1 Å². The molecule has 0 saturated heterocycles. The molecule has 2 fully saturated rings. The lowest BCUT2D eigenvalue weighted by Gasteiger charge is -2.21. The molecule has 1 N–H and O–H groups in total. The summed E-state index contributed by atoms with van der Waals surface area (Å²) in [6.07, 6.45) is 6.66. The quantitative estimate of drug-likeness (QED) is 0.679. The predicted molar refractivity (Wildman–Crippen MR) is 58.7 cm³/mol. The van der Waals surface area contributed by atoms with Crippen molar-refractivity contribution in [3.05, 3.63) is 11.6 Å². The molecular weight excluding hydrogens is 190 g/mol. The fourth-order valence-electron chi connectivity index (χ4n) is 1.99. The van der Waals surface area contributed by atoms with Crippen LogP contribution in [0.3, 0.4) is 0 Å². The lowest BCUT2D eigenvalue weighted by molar-refractivity contribution is -0.131. The molecule has 0 heterocycles. The van der Waals surface area contributed by atoms with Gasteiger partial charge < -0.3 is 5.11 Å². The minimum absolute atomic E-state index is 0.739. The molecule has 2 saturated carbocycles. The fourth-order valence-corrected chi connectivity index (χ4v) is 1.99. The number of hydrogen-bond acceptors (Lipinski definition) is 2. The number of aliphatic carboxylic acids is 1. The Kier molecular flexibility index (Phi) is 3.10. The second kappa shape index (κ2) is 4.35. The van der Waals surface area contributed by atoms with Gasteiger partial charge in [0.2, 0.25) is 0 Å². The Bertz CT molecular complexity index is 277. The van der Waals surface area contributed by atoms with Gasteiger partial charge in [-0.1, -0.05) is 5.57 Å². The molecule has 0 aliphatic heterocycles. The molecule has 0 aromatic carbocycles. The molecule has 0 aromatic heterocycles. The topological polar surface area (TPSA) is 40.5 Å². The highest BCUT2D eigenvalue weighted by molar-refractivity contribution is 5.80. The largest absolute Gasteiger partial charge is 0.478 e. The highest BCUT2D eigenvalue weighted by atomic mass is 16.4. The summed E-state index contributed by atoms with van der Waals surface area (Å²) >= 11 is 0. The highest BCUT2D eigenvalue weighted by Gasteiger charge is 2.33. The maximum Gasteiger partial charge on any atom is 0.328 e. The normalized spacial score (nSPS) is 22.1. The van der Waals surface area contributed by atoms with Crippen molar-refractivity contribution in [2.75, 3.05) is 13.1 Å². The standard InChI is InChI=1S/C12H19NO2/c1-9(6-12(14)15)7-13(11-4-5-11)8-10-2-3-10/h6,10-11H,2-5,7-8H2,1H3,(H,14,15). The van der Waals surface area contributed by atoms with E-state index in [1.54, 1.807) is 0 Å². The Hall–Kier alpha value is -0.830. The van der Waals surface area contributed by atoms with Crippen molar-refractivity contribution in [3.8, 4) is 0 Å². The summed E-state index contributed by atoms with van der Waals surface area (Å²) in [4.78, 5) is 13.0. The average Bonchev–Trinajstić information content (AvgIpc) is 2.98. The maximum absolute atomic E-state index is 10.5. The zero-order valence-corrected chi connectivity index (χ0v) is 9.28. The molecular formula is C12H19NO2. The Morgan fingerprint density at radius 3 is 2.53 bits per heavy atom. The molecule has 0 bridgehead atoms. The van der Waals surface area contributed by atoms with Crippen molar-refractivity contribution >= 4 is 5.97 Å². The second-order valence-corrected chi connectivity index (χ2v) is 4.93. The van der Waals surface area contributed by atoms with Crippen molar-refractivity contribution in [3.63, 3.8) is 0 Å². The molecule has 0 atom stereocenters. The van der Waals surface area contributed by atoms with E-state index < -0.39 is 5.97 Å². The number of rotatable bonds is 6. The number of carboxylic acids is 1. The molecule has 3 heteroatoms. The van der Waals surface area contributed by atoms with Crippen LogP contribution in [0.4, 0.5) is 0 Å². The van der Waals surface area contributed by atoms with Gasteiger partial charge in [-0.05, 0) is 38.5 Å². The molecule has 2 aliphatic rings. The maximum atomic E-state index is 10.5. The number of carboxylic acid groups (broad SMARTS) is 1. The minimum atomic E-state index is -0.824. The van der Waals surface area contributed by atoms with Gasteiger partial charge in [0.05, 0.1) is 0 Å². The van der Waals surface area contributed by atoms with Gasteiger partial charge in [-0.3, -0.25) is 4.90 Å². The molecule has 3 nitrogen and oxygen atoms in total. The monoisotopic (exact) mass is 209 g/mol. The molecule has 0 spiro atoms. The first kappa shape index (κ1) is 10.7. The molecule has 0 unspecified atom stereocenters. The van der Waals surface area contributed by atoms with Crippen LogP contribution in [0.1, 0.15) is 32.6 Å². The Balaban J connectivity index is 1.84. The van der Waals surface area contributed by atoms with Gasteiger partial charge in [0.15, 0.2) is 0 Å². The van der Waals surface area contributed by atoms with Gasteiger partial charge in [-0.15, -0.1) is 0 Å². The van der Waals surface area contributed by atoms with E-state index in [2.05, 4.69) is 4.90 Å². The average molecular weight is 209 g/mol. The first-order valence-corrected chi connectivity index (χ1v) is 5.79.